The summed E-state index contributed by atoms with van der Waals surface area (Å²) in [5.41, 5.74) is 4.66. The number of ether oxygens (including phenoxy) is 2. The predicted molar refractivity (Wildman–Crippen MR) is 136 cm³/mol. The van der Waals surface area contributed by atoms with Gasteiger partial charge in [0.25, 0.3) is 5.91 Å². The smallest absolute Gasteiger partial charge is 0.329 e. The number of hydrazone groups is 1. The second-order valence-corrected chi connectivity index (χ2v) is 7.62. The lowest BCUT2D eigenvalue weighted by atomic mass is 10.1. The molecule has 3 aromatic rings. The molecule has 3 amide bonds. The Balaban J connectivity index is 1.51. The fraction of sp³-hybridized carbons (Fsp3) is 0.185. The lowest BCUT2D eigenvalue weighted by molar-refractivity contribution is -0.139. The molecule has 0 saturated heterocycles. The van der Waals surface area contributed by atoms with E-state index >= 15 is 0 Å². The molecule has 3 N–H and O–H groups in total. The summed E-state index contributed by atoms with van der Waals surface area (Å²) >= 11 is 0. The van der Waals surface area contributed by atoms with Gasteiger partial charge in [0, 0.05) is 18.7 Å². The van der Waals surface area contributed by atoms with Crippen molar-refractivity contribution in [3.05, 3.63) is 95.6 Å². The van der Waals surface area contributed by atoms with Crippen molar-refractivity contribution in [3.63, 3.8) is 0 Å². The number of benzene rings is 3. The van der Waals surface area contributed by atoms with Crippen LogP contribution in [0.25, 0.3) is 0 Å². The first-order valence-corrected chi connectivity index (χ1v) is 11.3. The third kappa shape index (κ3) is 8.28. The lowest BCUT2D eigenvalue weighted by Gasteiger charge is -2.13. The van der Waals surface area contributed by atoms with Crippen molar-refractivity contribution in [1.29, 1.82) is 0 Å². The maximum atomic E-state index is 12.2. The molecule has 0 bridgehead atoms. The van der Waals surface area contributed by atoms with Gasteiger partial charge in [0.05, 0.1) is 13.3 Å². The lowest BCUT2D eigenvalue weighted by Crippen LogP contribution is -2.38. The van der Waals surface area contributed by atoms with Crippen molar-refractivity contribution in [2.45, 2.75) is 13.0 Å². The molecule has 0 atom stereocenters. The van der Waals surface area contributed by atoms with E-state index in [0.29, 0.717) is 30.8 Å². The summed E-state index contributed by atoms with van der Waals surface area (Å²) in [5.74, 6) is -1.33. The number of methoxy groups -OCH3 is 1. The molecular formula is C27H28N4O5. The Bertz CT molecular complexity index is 1180. The molecule has 0 aliphatic carbocycles. The number of rotatable bonds is 11. The summed E-state index contributed by atoms with van der Waals surface area (Å²) in [6, 6.07) is 24.2. The molecule has 0 saturated carbocycles. The molecule has 3 rings (SSSR count). The van der Waals surface area contributed by atoms with Crippen LogP contribution in [0, 0.1) is 0 Å². The van der Waals surface area contributed by atoms with Crippen molar-refractivity contribution < 1.29 is 23.9 Å². The summed E-state index contributed by atoms with van der Waals surface area (Å²) in [4.78, 5) is 36.3. The van der Waals surface area contributed by atoms with Crippen LogP contribution < -0.4 is 25.5 Å². The highest BCUT2D eigenvalue weighted by Gasteiger charge is 2.14. The van der Waals surface area contributed by atoms with Crippen molar-refractivity contribution >= 4 is 23.9 Å². The van der Waals surface area contributed by atoms with E-state index in [2.05, 4.69) is 21.2 Å². The molecule has 0 fully saturated rings. The van der Waals surface area contributed by atoms with Crippen molar-refractivity contribution in [1.82, 2.24) is 16.1 Å². The number of nitrogens with zero attached hydrogens (tertiary/aromatic N) is 1. The van der Waals surface area contributed by atoms with E-state index in [0.717, 1.165) is 11.1 Å². The first-order chi connectivity index (χ1) is 17.6. The maximum absolute atomic E-state index is 12.2. The summed E-state index contributed by atoms with van der Waals surface area (Å²) < 4.78 is 11.0. The third-order valence-corrected chi connectivity index (χ3v) is 5.03. The van der Waals surface area contributed by atoms with E-state index in [-0.39, 0.29) is 18.3 Å². The first-order valence-electron chi connectivity index (χ1n) is 11.3. The number of hydrogen-bond acceptors (Lipinski definition) is 6. The average Bonchev–Trinajstić information content (AvgIpc) is 2.92. The van der Waals surface area contributed by atoms with E-state index in [1.165, 1.54) is 13.3 Å². The molecule has 0 heterocycles. The topological polar surface area (TPSA) is 118 Å². The van der Waals surface area contributed by atoms with Gasteiger partial charge in [-0.05, 0) is 29.7 Å². The Labute approximate surface area is 209 Å². The number of carbonyl (C=O) groups excluding carboxylic acids is 3. The van der Waals surface area contributed by atoms with Crippen LogP contribution in [0.3, 0.4) is 0 Å². The molecule has 0 aliphatic heterocycles. The molecule has 9 nitrogen and oxygen atoms in total. The van der Waals surface area contributed by atoms with Crippen molar-refractivity contribution in [2.75, 3.05) is 20.3 Å². The van der Waals surface area contributed by atoms with Crippen molar-refractivity contribution in [3.8, 4) is 11.5 Å². The summed E-state index contributed by atoms with van der Waals surface area (Å²) in [6.45, 7) is 0.452. The van der Waals surface area contributed by atoms with Crippen LogP contribution in [0.2, 0.25) is 0 Å². The zero-order valence-electron chi connectivity index (χ0n) is 19.9. The Kier molecular flexibility index (Phi) is 10.0. The van der Waals surface area contributed by atoms with E-state index < -0.39 is 11.8 Å². The molecule has 0 spiro atoms. The summed E-state index contributed by atoms with van der Waals surface area (Å²) in [6.07, 6.45) is 1.92. The van der Waals surface area contributed by atoms with E-state index in [9.17, 15) is 14.4 Å². The standard InChI is InChI=1S/C27H28N4O5/c1-35-23-14-8-13-22(25(23)36-19-24(32)29-17-21-11-6-3-7-12-21)18-30-31-27(34)26(33)28-16-15-20-9-4-2-5-10-20/h2-14,18H,15-17,19H2,1H3,(H,28,33)(H,29,32)(H,31,34)/b30-18-. The molecule has 3 aromatic carbocycles. The average molecular weight is 489 g/mol. The van der Waals surface area contributed by atoms with Gasteiger partial charge in [-0.3, -0.25) is 14.4 Å². The zero-order valence-corrected chi connectivity index (χ0v) is 19.9. The maximum Gasteiger partial charge on any atom is 0.329 e. The number of para-hydroxylation sites is 1. The van der Waals surface area contributed by atoms with Crippen LogP contribution in [0.15, 0.2) is 84.0 Å². The molecule has 9 heteroatoms. The molecule has 36 heavy (non-hydrogen) atoms. The van der Waals surface area contributed by atoms with E-state index in [4.69, 9.17) is 9.47 Å². The number of hydrogen-bond donors (Lipinski definition) is 3. The fourth-order valence-electron chi connectivity index (χ4n) is 3.19. The quantitative estimate of drug-likeness (QED) is 0.217. The molecule has 0 aliphatic rings. The number of nitrogens with one attached hydrogen (secondary N) is 3. The minimum atomic E-state index is -0.898. The van der Waals surface area contributed by atoms with Crippen LogP contribution in [0.5, 0.6) is 11.5 Å². The van der Waals surface area contributed by atoms with Gasteiger partial charge in [0.1, 0.15) is 0 Å². The minimum absolute atomic E-state index is 0.246. The van der Waals surface area contributed by atoms with Crippen LogP contribution >= 0.6 is 0 Å². The molecule has 186 valence electrons. The summed E-state index contributed by atoms with van der Waals surface area (Å²) in [5, 5.41) is 9.18. The zero-order chi connectivity index (χ0) is 25.6. The fourth-order valence-corrected chi connectivity index (χ4v) is 3.19. The Hall–Kier alpha value is -4.66. The molecule has 0 aromatic heterocycles. The molecule has 0 radical (unpaired) electrons. The Morgan fingerprint density at radius 1 is 0.833 bits per heavy atom. The molecular weight excluding hydrogens is 460 g/mol. The highest BCUT2D eigenvalue weighted by Crippen LogP contribution is 2.30. The van der Waals surface area contributed by atoms with E-state index in [1.54, 1.807) is 18.2 Å². The van der Waals surface area contributed by atoms with Gasteiger partial charge in [0.2, 0.25) is 0 Å². The third-order valence-electron chi connectivity index (χ3n) is 5.03. The van der Waals surface area contributed by atoms with Gasteiger partial charge >= 0.3 is 11.8 Å². The van der Waals surface area contributed by atoms with Crippen LogP contribution in [0.1, 0.15) is 16.7 Å². The SMILES string of the molecule is COc1cccc(/C=N\NC(=O)C(=O)NCCc2ccccc2)c1OCC(=O)NCc1ccccc1. The Morgan fingerprint density at radius 3 is 2.22 bits per heavy atom. The number of carbonyl (C=O) groups is 3. The predicted octanol–water partition coefficient (Wildman–Crippen LogP) is 2.20. The Morgan fingerprint density at radius 2 is 1.53 bits per heavy atom. The van der Waals surface area contributed by atoms with Gasteiger partial charge in [-0.15, -0.1) is 0 Å². The van der Waals surface area contributed by atoms with Crippen LogP contribution in [-0.2, 0) is 27.3 Å². The highest BCUT2D eigenvalue weighted by molar-refractivity contribution is 6.35. The minimum Gasteiger partial charge on any atom is -0.493 e. The number of amides is 3. The van der Waals surface area contributed by atoms with Gasteiger partial charge in [-0.2, -0.15) is 5.10 Å². The monoisotopic (exact) mass is 488 g/mol. The van der Waals surface area contributed by atoms with Gasteiger partial charge < -0.3 is 20.1 Å². The van der Waals surface area contributed by atoms with Crippen LogP contribution in [-0.4, -0.2) is 44.2 Å². The largest absolute Gasteiger partial charge is 0.493 e. The highest BCUT2D eigenvalue weighted by atomic mass is 16.5. The normalized spacial score (nSPS) is 10.5. The van der Waals surface area contributed by atoms with Crippen molar-refractivity contribution in [2.24, 2.45) is 5.10 Å². The van der Waals surface area contributed by atoms with E-state index in [1.807, 2.05) is 60.7 Å². The van der Waals surface area contributed by atoms with Gasteiger partial charge in [-0.1, -0.05) is 66.7 Å². The second kappa shape index (κ2) is 13.9. The summed E-state index contributed by atoms with van der Waals surface area (Å²) in [7, 11) is 1.47. The second-order valence-electron chi connectivity index (χ2n) is 7.62. The van der Waals surface area contributed by atoms with Gasteiger partial charge in [0.15, 0.2) is 18.1 Å². The van der Waals surface area contributed by atoms with Crippen LogP contribution in [0.4, 0.5) is 0 Å². The first kappa shape index (κ1) is 26.0. The molecule has 0 unspecified atom stereocenters. The van der Waals surface area contributed by atoms with Gasteiger partial charge in [-0.25, -0.2) is 5.43 Å².